The van der Waals surface area contributed by atoms with E-state index in [4.69, 9.17) is 4.99 Å². The fourth-order valence-electron chi connectivity index (χ4n) is 3.77. The highest BCUT2D eigenvalue weighted by Crippen LogP contribution is 2.30. The van der Waals surface area contributed by atoms with Gasteiger partial charge in [0.2, 0.25) is 0 Å². The highest BCUT2D eigenvalue weighted by Gasteiger charge is 2.24. The first-order chi connectivity index (χ1) is 13.5. The van der Waals surface area contributed by atoms with Crippen molar-refractivity contribution in [2.24, 2.45) is 4.99 Å². The molecule has 0 atom stereocenters. The first-order valence-corrected chi connectivity index (χ1v) is 10.6. The molecule has 1 aliphatic heterocycles. The maximum Gasteiger partial charge on any atom is 0.159 e. The van der Waals surface area contributed by atoms with E-state index in [1.54, 1.807) is 11.8 Å². The van der Waals surface area contributed by atoms with Gasteiger partial charge in [-0.3, -0.25) is 9.56 Å². The molecular weight excluding hydrogens is 366 g/mol. The highest BCUT2D eigenvalue weighted by molar-refractivity contribution is 7.98. The minimum atomic E-state index is 0.521. The molecule has 0 saturated carbocycles. The van der Waals surface area contributed by atoms with Gasteiger partial charge in [-0.15, -0.1) is 22.0 Å². The normalized spacial score (nSPS) is 13.1. The van der Waals surface area contributed by atoms with E-state index >= 15 is 0 Å². The van der Waals surface area contributed by atoms with E-state index in [9.17, 15) is 0 Å². The van der Waals surface area contributed by atoms with Crippen LogP contribution in [0.3, 0.4) is 0 Å². The molecule has 0 saturated heterocycles. The summed E-state index contributed by atoms with van der Waals surface area (Å²) in [5.41, 5.74) is 6.90. The average Bonchev–Trinajstić information content (AvgIpc) is 2.95. The zero-order valence-electron chi connectivity index (χ0n) is 17.0. The molecule has 3 aromatic rings. The van der Waals surface area contributed by atoms with Crippen molar-refractivity contribution in [1.82, 2.24) is 19.7 Å². The fourth-order valence-corrected chi connectivity index (χ4v) is 4.18. The molecule has 2 aromatic carbocycles. The predicted octanol–water partition coefficient (Wildman–Crippen LogP) is 4.02. The number of rotatable bonds is 4. The van der Waals surface area contributed by atoms with Gasteiger partial charge in [-0.05, 0) is 58.0 Å². The molecule has 0 spiro atoms. The van der Waals surface area contributed by atoms with Crippen molar-refractivity contribution in [1.29, 1.82) is 0 Å². The number of hydrogen-bond acceptors (Lipinski definition) is 5. The van der Waals surface area contributed by atoms with Gasteiger partial charge in [0.05, 0.1) is 17.9 Å². The number of thioether (sulfide) groups is 1. The second-order valence-electron chi connectivity index (χ2n) is 7.48. The van der Waals surface area contributed by atoms with Gasteiger partial charge in [0.15, 0.2) is 11.6 Å². The van der Waals surface area contributed by atoms with Crippen LogP contribution in [-0.4, -0.2) is 45.7 Å². The summed E-state index contributed by atoms with van der Waals surface area (Å²) in [7, 11) is 4.10. The molecule has 0 bridgehead atoms. The van der Waals surface area contributed by atoms with Crippen molar-refractivity contribution >= 4 is 17.5 Å². The Morgan fingerprint density at radius 2 is 1.82 bits per heavy atom. The molecule has 1 aliphatic rings. The Kier molecular flexibility index (Phi) is 5.08. The Bertz CT molecular complexity index is 1050. The van der Waals surface area contributed by atoms with Gasteiger partial charge in [0.1, 0.15) is 6.54 Å². The molecule has 28 heavy (non-hydrogen) atoms. The summed E-state index contributed by atoms with van der Waals surface area (Å²) < 4.78 is 2.21. The lowest BCUT2D eigenvalue weighted by Crippen LogP contribution is -2.17. The van der Waals surface area contributed by atoms with Crippen LogP contribution >= 0.6 is 11.8 Å². The van der Waals surface area contributed by atoms with Crippen LogP contribution in [0, 0.1) is 13.8 Å². The minimum Gasteiger partial charge on any atom is -0.302 e. The van der Waals surface area contributed by atoms with E-state index < -0.39 is 0 Å². The van der Waals surface area contributed by atoms with Crippen LogP contribution in [0.4, 0.5) is 0 Å². The zero-order valence-corrected chi connectivity index (χ0v) is 17.8. The second kappa shape index (κ2) is 7.53. The summed E-state index contributed by atoms with van der Waals surface area (Å²) in [6, 6.07) is 13.1. The summed E-state index contributed by atoms with van der Waals surface area (Å²) in [5.74, 6) is 1.84. The van der Waals surface area contributed by atoms with E-state index in [-0.39, 0.29) is 0 Å². The SMILES string of the molecule is CSc1ccc(C2=NCc3nnc(CN(C)C)n3-c3c(C)cc(C)cc32)cc1. The molecule has 144 valence electrons. The van der Waals surface area contributed by atoms with Crippen LogP contribution in [-0.2, 0) is 13.1 Å². The van der Waals surface area contributed by atoms with Crippen LogP contribution in [0.1, 0.15) is 33.9 Å². The lowest BCUT2D eigenvalue weighted by Gasteiger charge is -2.18. The predicted molar refractivity (Wildman–Crippen MR) is 116 cm³/mol. The van der Waals surface area contributed by atoms with Gasteiger partial charge >= 0.3 is 0 Å². The van der Waals surface area contributed by atoms with Crippen LogP contribution in [0.15, 0.2) is 46.3 Å². The molecule has 5 nitrogen and oxygen atoms in total. The van der Waals surface area contributed by atoms with E-state index in [2.05, 4.69) is 90.3 Å². The van der Waals surface area contributed by atoms with E-state index in [0.29, 0.717) is 6.54 Å². The van der Waals surface area contributed by atoms with Gasteiger partial charge < -0.3 is 4.90 Å². The third-order valence-electron chi connectivity index (χ3n) is 4.92. The summed E-state index contributed by atoms with van der Waals surface area (Å²) >= 11 is 1.75. The van der Waals surface area contributed by atoms with E-state index in [1.165, 1.54) is 16.0 Å². The second-order valence-corrected chi connectivity index (χ2v) is 8.36. The number of hydrogen-bond donors (Lipinski definition) is 0. The summed E-state index contributed by atoms with van der Waals surface area (Å²) in [6.07, 6.45) is 2.10. The largest absolute Gasteiger partial charge is 0.302 e. The van der Waals surface area contributed by atoms with Crippen molar-refractivity contribution in [2.75, 3.05) is 20.4 Å². The van der Waals surface area contributed by atoms with Crippen LogP contribution < -0.4 is 0 Å². The molecule has 6 heteroatoms. The van der Waals surface area contributed by atoms with E-state index in [0.717, 1.165) is 40.7 Å². The molecule has 0 aliphatic carbocycles. The van der Waals surface area contributed by atoms with Crippen molar-refractivity contribution in [2.45, 2.75) is 31.8 Å². The van der Waals surface area contributed by atoms with Crippen molar-refractivity contribution < 1.29 is 0 Å². The number of benzene rings is 2. The van der Waals surface area contributed by atoms with Gasteiger partial charge in [0.25, 0.3) is 0 Å². The molecule has 0 radical (unpaired) electrons. The number of aryl methyl sites for hydroxylation is 2. The lowest BCUT2D eigenvalue weighted by atomic mass is 9.96. The van der Waals surface area contributed by atoms with Gasteiger partial charge in [-0.2, -0.15) is 0 Å². The van der Waals surface area contributed by atoms with Crippen molar-refractivity contribution in [3.63, 3.8) is 0 Å². The summed E-state index contributed by atoms with van der Waals surface area (Å²) in [4.78, 5) is 8.35. The van der Waals surface area contributed by atoms with Gasteiger partial charge in [-0.25, -0.2) is 0 Å². The first kappa shape index (κ1) is 18.9. The van der Waals surface area contributed by atoms with E-state index in [1.807, 2.05) is 0 Å². The van der Waals surface area contributed by atoms with Gasteiger partial charge in [0, 0.05) is 16.0 Å². The maximum absolute atomic E-state index is 4.98. The monoisotopic (exact) mass is 391 g/mol. The molecule has 0 unspecified atom stereocenters. The average molecular weight is 392 g/mol. The van der Waals surface area contributed by atoms with Crippen LogP contribution in [0.2, 0.25) is 0 Å². The van der Waals surface area contributed by atoms with Crippen molar-refractivity contribution in [3.8, 4) is 5.69 Å². The van der Waals surface area contributed by atoms with Crippen molar-refractivity contribution in [3.05, 3.63) is 70.3 Å². The quantitative estimate of drug-likeness (QED) is 0.630. The molecule has 0 fully saturated rings. The number of aromatic nitrogens is 3. The number of fused-ring (bicyclic) bond motifs is 3. The Labute approximate surface area is 170 Å². The zero-order chi connectivity index (χ0) is 19.8. The number of aliphatic imine (C=N–C) groups is 1. The molecule has 0 amide bonds. The minimum absolute atomic E-state index is 0.521. The molecular formula is C22H25N5S. The molecule has 0 N–H and O–H groups in total. The summed E-state index contributed by atoms with van der Waals surface area (Å²) in [5, 5.41) is 8.93. The first-order valence-electron chi connectivity index (χ1n) is 9.36. The Morgan fingerprint density at radius 1 is 1.07 bits per heavy atom. The topological polar surface area (TPSA) is 46.3 Å². The van der Waals surface area contributed by atoms with Gasteiger partial charge in [-0.1, -0.05) is 23.8 Å². The Morgan fingerprint density at radius 3 is 2.50 bits per heavy atom. The van der Waals surface area contributed by atoms with Crippen LogP contribution in [0.5, 0.6) is 0 Å². The Hall–Kier alpha value is -2.44. The smallest absolute Gasteiger partial charge is 0.159 e. The third-order valence-corrected chi connectivity index (χ3v) is 5.66. The highest BCUT2D eigenvalue weighted by atomic mass is 32.2. The maximum atomic E-state index is 4.98. The number of nitrogens with zero attached hydrogens (tertiary/aromatic N) is 5. The molecule has 1 aromatic heterocycles. The summed E-state index contributed by atoms with van der Waals surface area (Å²) in [6.45, 7) is 5.56. The third kappa shape index (κ3) is 3.38. The Balaban J connectivity index is 1.94. The fraction of sp³-hybridized carbons (Fsp3) is 0.318. The standard InChI is InChI=1S/C22H25N5S/c1-14-10-15(2)22-18(11-14)21(16-6-8-17(28-5)9-7-16)23-12-19-24-25-20(27(19)22)13-26(3)4/h6-11H,12-13H2,1-5H3. The van der Waals surface area contributed by atoms with Crippen LogP contribution in [0.25, 0.3) is 5.69 Å². The lowest BCUT2D eigenvalue weighted by molar-refractivity contribution is 0.387. The molecule has 4 rings (SSSR count). The molecule has 2 heterocycles.